The van der Waals surface area contributed by atoms with Crippen LogP contribution in [0.15, 0.2) is 30.3 Å². The Hall–Kier alpha value is -1.47. The first-order chi connectivity index (χ1) is 13.6. The SMILES string of the molecule is CN1CCC(N2CC3(CN(C(=O)c4ccccc4)C[C@@H]4COCCN43)C2)CC1. The molecule has 4 aliphatic rings. The fourth-order valence-corrected chi connectivity index (χ4v) is 5.72. The summed E-state index contributed by atoms with van der Waals surface area (Å²) in [5.74, 6) is 0.169. The molecule has 4 aliphatic heterocycles. The molecule has 152 valence electrons. The predicted molar refractivity (Wildman–Crippen MR) is 108 cm³/mol. The summed E-state index contributed by atoms with van der Waals surface area (Å²) in [6.07, 6.45) is 2.54. The van der Waals surface area contributed by atoms with Gasteiger partial charge in [0, 0.05) is 44.3 Å². The maximum Gasteiger partial charge on any atom is 0.253 e. The molecule has 28 heavy (non-hydrogen) atoms. The van der Waals surface area contributed by atoms with Crippen molar-refractivity contribution in [3.8, 4) is 0 Å². The molecule has 0 bridgehead atoms. The molecule has 0 aliphatic carbocycles. The maximum absolute atomic E-state index is 13.2. The van der Waals surface area contributed by atoms with Crippen molar-refractivity contribution in [2.45, 2.75) is 30.5 Å². The molecule has 4 fully saturated rings. The molecule has 1 spiro atoms. The van der Waals surface area contributed by atoms with Crippen LogP contribution in [-0.4, -0.2) is 109 Å². The Morgan fingerprint density at radius 2 is 1.79 bits per heavy atom. The molecule has 6 nitrogen and oxygen atoms in total. The molecule has 0 unspecified atom stereocenters. The second kappa shape index (κ2) is 7.41. The zero-order valence-corrected chi connectivity index (χ0v) is 16.9. The number of piperidine rings is 1. The van der Waals surface area contributed by atoms with Gasteiger partial charge in [-0.15, -0.1) is 0 Å². The van der Waals surface area contributed by atoms with E-state index in [-0.39, 0.29) is 11.4 Å². The molecule has 1 atom stereocenters. The Morgan fingerprint density at radius 1 is 1.04 bits per heavy atom. The highest BCUT2D eigenvalue weighted by Gasteiger charge is 2.56. The highest BCUT2D eigenvalue weighted by Crippen LogP contribution is 2.38. The monoisotopic (exact) mass is 384 g/mol. The molecule has 5 rings (SSSR count). The lowest BCUT2D eigenvalue weighted by Gasteiger charge is -2.65. The Balaban J connectivity index is 1.32. The van der Waals surface area contributed by atoms with E-state index in [4.69, 9.17) is 4.74 Å². The topological polar surface area (TPSA) is 39.3 Å². The number of hydrogen-bond donors (Lipinski definition) is 0. The summed E-state index contributed by atoms with van der Waals surface area (Å²) >= 11 is 0. The van der Waals surface area contributed by atoms with Crippen LogP contribution >= 0.6 is 0 Å². The number of carbonyl (C=O) groups excluding carboxylic acids is 1. The predicted octanol–water partition coefficient (Wildman–Crippen LogP) is 0.992. The lowest BCUT2D eigenvalue weighted by molar-refractivity contribution is -0.169. The van der Waals surface area contributed by atoms with Gasteiger partial charge in [0.05, 0.1) is 24.8 Å². The first-order valence-electron chi connectivity index (χ1n) is 10.8. The molecule has 0 aromatic heterocycles. The van der Waals surface area contributed by atoms with Gasteiger partial charge in [-0.2, -0.15) is 0 Å². The van der Waals surface area contributed by atoms with E-state index in [9.17, 15) is 4.79 Å². The van der Waals surface area contributed by atoms with E-state index in [1.54, 1.807) is 0 Å². The van der Waals surface area contributed by atoms with Gasteiger partial charge in [0.2, 0.25) is 0 Å². The molecule has 0 saturated carbocycles. The second-order valence-corrected chi connectivity index (χ2v) is 9.14. The van der Waals surface area contributed by atoms with Gasteiger partial charge in [-0.05, 0) is 45.1 Å². The molecule has 4 saturated heterocycles. The van der Waals surface area contributed by atoms with Gasteiger partial charge in [0.1, 0.15) is 0 Å². The number of benzene rings is 1. The molecule has 6 heteroatoms. The number of amides is 1. The van der Waals surface area contributed by atoms with E-state index in [0.717, 1.165) is 51.5 Å². The maximum atomic E-state index is 13.2. The molecule has 4 heterocycles. The second-order valence-electron chi connectivity index (χ2n) is 9.14. The van der Waals surface area contributed by atoms with Crippen LogP contribution in [0.4, 0.5) is 0 Å². The zero-order valence-electron chi connectivity index (χ0n) is 16.9. The Labute approximate surface area is 168 Å². The van der Waals surface area contributed by atoms with Crippen LogP contribution in [0.5, 0.6) is 0 Å². The number of morpholine rings is 1. The molecule has 0 N–H and O–H groups in total. The minimum Gasteiger partial charge on any atom is -0.378 e. The number of carbonyl (C=O) groups is 1. The van der Waals surface area contributed by atoms with Crippen LogP contribution in [0.3, 0.4) is 0 Å². The van der Waals surface area contributed by atoms with Crippen LogP contribution in [0.2, 0.25) is 0 Å². The van der Waals surface area contributed by atoms with Crippen molar-refractivity contribution in [1.82, 2.24) is 19.6 Å². The standard InChI is InChI=1S/C22H32N4O2/c1-23-9-7-19(8-10-23)25-16-22(17-25)15-24(13-20-14-28-12-11-26(20)22)21(27)18-5-3-2-4-6-18/h2-6,19-20H,7-17H2,1H3/t20-/m1/s1. The van der Waals surface area contributed by atoms with E-state index >= 15 is 0 Å². The summed E-state index contributed by atoms with van der Waals surface area (Å²) in [6, 6.07) is 10.8. The van der Waals surface area contributed by atoms with Crippen LogP contribution in [0.25, 0.3) is 0 Å². The van der Waals surface area contributed by atoms with Crippen LogP contribution in [0, 0.1) is 0 Å². The smallest absolute Gasteiger partial charge is 0.253 e. The number of likely N-dealkylation sites (tertiary alicyclic amines) is 2. The summed E-state index contributed by atoms with van der Waals surface area (Å²) in [5.41, 5.74) is 0.912. The number of fused-ring (bicyclic) bond motifs is 2. The highest BCUT2D eigenvalue weighted by atomic mass is 16.5. The lowest BCUT2D eigenvalue weighted by atomic mass is 9.80. The third-order valence-electron chi connectivity index (χ3n) is 7.26. The Morgan fingerprint density at radius 3 is 2.54 bits per heavy atom. The van der Waals surface area contributed by atoms with E-state index < -0.39 is 0 Å². The summed E-state index contributed by atoms with van der Waals surface area (Å²) in [7, 11) is 2.22. The molecule has 1 amide bonds. The van der Waals surface area contributed by atoms with Crippen molar-refractivity contribution in [3.63, 3.8) is 0 Å². The fourth-order valence-electron chi connectivity index (χ4n) is 5.72. The van der Waals surface area contributed by atoms with Gasteiger partial charge in [-0.1, -0.05) is 18.2 Å². The lowest BCUT2D eigenvalue weighted by Crippen LogP contribution is -2.82. The molecular formula is C22H32N4O2. The largest absolute Gasteiger partial charge is 0.378 e. The van der Waals surface area contributed by atoms with Crippen LogP contribution in [0.1, 0.15) is 23.2 Å². The first-order valence-corrected chi connectivity index (χ1v) is 10.8. The molecular weight excluding hydrogens is 352 g/mol. The number of piperazine rings is 1. The highest BCUT2D eigenvalue weighted by molar-refractivity contribution is 5.94. The summed E-state index contributed by atoms with van der Waals surface area (Å²) < 4.78 is 5.79. The van der Waals surface area contributed by atoms with Crippen LogP contribution in [-0.2, 0) is 4.74 Å². The summed E-state index contributed by atoms with van der Waals surface area (Å²) in [4.78, 5) is 23.1. The van der Waals surface area contributed by atoms with Crippen molar-refractivity contribution in [2.75, 3.05) is 66.1 Å². The normalized spacial score (nSPS) is 29.5. The van der Waals surface area contributed by atoms with Crippen molar-refractivity contribution < 1.29 is 9.53 Å². The molecule has 1 aromatic carbocycles. The molecule has 1 aromatic rings. The van der Waals surface area contributed by atoms with Gasteiger partial charge in [0.25, 0.3) is 5.91 Å². The third-order valence-corrected chi connectivity index (χ3v) is 7.26. The van der Waals surface area contributed by atoms with Gasteiger partial charge in [-0.3, -0.25) is 14.6 Å². The fraction of sp³-hybridized carbons (Fsp3) is 0.682. The van der Waals surface area contributed by atoms with Crippen molar-refractivity contribution in [3.05, 3.63) is 35.9 Å². The average Bonchev–Trinajstić information content (AvgIpc) is 2.72. The van der Waals surface area contributed by atoms with E-state index in [0.29, 0.717) is 12.1 Å². The van der Waals surface area contributed by atoms with Crippen molar-refractivity contribution >= 4 is 5.91 Å². The summed E-state index contributed by atoms with van der Waals surface area (Å²) in [5, 5.41) is 0. The average molecular weight is 385 g/mol. The Kier molecular flexibility index (Phi) is 4.91. The van der Waals surface area contributed by atoms with Crippen molar-refractivity contribution in [1.29, 1.82) is 0 Å². The first kappa shape index (κ1) is 18.6. The number of nitrogens with zero attached hydrogens (tertiary/aromatic N) is 4. The van der Waals surface area contributed by atoms with Gasteiger partial charge >= 0.3 is 0 Å². The number of rotatable bonds is 2. The van der Waals surface area contributed by atoms with E-state index in [2.05, 4.69) is 26.6 Å². The third kappa shape index (κ3) is 3.26. The van der Waals surface area contributed by atoms with E-state index in [1.807, 2.05) is 30.3 Å². The van der Waals surface area contributed by atoms with Gasteiger partial charge in [-0.25, -0.2) is 0 Å². The van der Waals surface area contributed by atoms with Gasteiger partial charge in [0.15, 0.2) is 0 Å². The van der Waals surface area contributed by atoms with Crippen LogP contribution < -0.4 is 0 Å². The summed E-state index contributed by atoms with van der Waals surface area (Å²) in [6.45, 7) is 8.78. The van der Waals surface area contributed by atoms with Gasteiger partial charge < -0.3 is 14.5 Å². The minimum absolute atomic E-state index is 0.112. The number of hydrogen-bond acceptors (Lipinski definition) is 5. The zero-order chi connectivity index (χ0) is 19.1. The number of ether oxygens (including phenoxy) is 1. The quantitative estimate of drug-likeness (QED) is 0.761. The van der Waals surface area contributed by atoms with E-state index in [1.165, 1.54) is 25.9 Å². The molecule has 0 radical (unpaired) electrons. The van der Waals surface area contributed by atoms with Crippen molar-refractivity contribution in [2.24, 2.45) is 0 Å². The minimum atomic E-state index is 0.112. The Bertz CT molecular complexity index is 698.